The molecule has 1 N–H and O–H groups in total. The lowest BCUT2D eigenvalue weighted by molar-refractivity contribution is 0.0697. The predicted octanol–water partition coefficient (Wildman–Crippen LogP) is 2.79. The van der Waals surface area contributed by atoms with Crippen molar-refractivity contribution in [3.8, 4) is 17.2 Å². The van der Waals surface area contributed by atoms with Crippen LogP contribution in [0.3, 0.4) is 0 Å². The van der Waals surface area contributed by atoms with Gasteiger partial charge >= 0.3 is 5.97 Å². The Hall–Kier alpha value is -2.54. The standard InChI is InChI=1S/C14H9BrN4O2/c15-9-4-5-12(17-7-9)19-8-10(14(20)21)13(18-19)11-3-1-2-6-16-11/h1-8H,(H,20,21). The van der Waals surface area contributed by atoms with E-state index in [0.29, 0.717) is 17.2 Å². The molecule has 0 atom stereocenters. The number of hydrogen-bond acceptors (Lipinski definition) is 4. The van der Waals surface area contributed by atoms with Gasteiger partial charge < -0.3 is 5.11 Å². The maximum Gasteiger partial charge on any atom is 0.339 e. The number of halogens is 1. The van der Waals surface area contributed by atoms with E-state index >= 15 is 0 Å². The Morgan fingerprint density at radius 1 is 1.19 bits per heavy atom. The van der Waals surface area contributed by atoms with Crippen LogP contribution >= 0.6 is 15.9 Å². The highest BCUT2D eigenvalue weighted by atomic mass is 79.9. The van der Waals surface area contributed by atoms with Crippen molar-refractivity contribution >= 4 is 21.9 Å². The molecular weight excluding hydrogens is 336 g/mol. The molecule has 21 heavy (non-hydrogen) atoms. The minimum Gasteiger partial charge on any atom is -0.478 e. The van der Waals surface area contributed by atoms with Gasteiger partial charge in [0.05, 0.1) is 5.69 Å². The van der Waals surface area contributed by atoms with Gasteiger partial charge in [0.15, 0.2) is 5.82 Å². The topological polar surface area (TPSA) is 80.9 Å². The molecule has 3 heterocycles. The van der Waals surface area contributed by atoms with Crippen molar-refractivity contribution in [3.05, 3.63) is 59.0 Å². The van der Waals surface area contributed by atoms with Crippen molar-refractivity contribution in [3.63, 3.8) is 0 Å². The SMILES string of the molecule is O=C(O)c1cn(-c2ccc(Br)cn2)nc1-c1ccccn1. The van der Waals surface area contributed by atoms with Crippen molar-refractivity contribution in [2.75, 3.05) is 0 Å². The third kappa shape index (κ3) is 2.68. The Balaban J connectivity index is 2.13. The maximum atomic E-state index is 11.4. The summed E-state index contributed by atoms with van der Waals surface area (Å²) in [5.41, 5.74) is 0.900. The molecule has 0 radical (unpaired) electrons. The number of hydrogen-bond donors (Lipinski definition) is 1. The van der Waals surface area contributed by atoms with Crippen LogP contribution in [0.1, 0.15) is 10.4 Å². The number of nitrogens with zero attached hydrogens (tertiary/aromatic N) is 4. The quantitative estimate of drug-likeness (QED) is 0.789. The molecule has 7 heteroatoms. The largest absolute Gasteiger partial charge is 0.478 e. The third-order valence-corrected chi connectivity index (χ3v) is 3.27. The Bertz CT molecular complexity index is 784. The van der Waals surface area contributed by atoms with Gasteiger partial charge in [-0.3, -0.25) is 4.98 Å². The lowest BCUT2D eigenvalue weighted by Gasteiger charge is -1.99. The zero-order valence-electron chi connectivity index (χ0n) is 10.6. The summed E-state index contributed by atoms with van der Waals surface area (Å²) in [7, 11) is 0. The van der Waals surface area contributed by atoms with E-state index in [-0.39, 0.29) is 5.56 Å². The molecule has 0 fully saturated rings. The Morgan fingerprint density at radius 2 is 2.05 bits per heavy atom. The highest BCUT2D eigenvalue weighted by molar-refractivity contribution is 9.10. The highest BCUT2D eigenvalue weighted by Crippen LogP contribution is 2.21. The molecule has 0 bridgehead atoms. The van der Waals surface area contributed by atoms with Gasteiger partial charge in [-0.25, -0.2) is 14.5 Å². The molecule has 6 nitrogen and oxygen atoms in total. The number of aromatic nitrogens is 4. The Morgan fingerprint density at radius 3 is 2.67 bits per heavy atom. The lowest BCUT2D eigenvalue weighted by atomic mass is 10.2. The molecule has 0 aromatic carbocycles. The third-order valence-electron chi connectivity index (χ3n) is 2.80. The first-order chi connectivity index (χ1) is 10.1. The van der Waals surface area contributed by atoms with Crippen LogP contribution in [0.2, 0.25) is 0 Å². The van der Waals surface area contributed by atoms with Crippen LogP contribution in [0.25, 0.3) is 17.2 Å². The summed E-state index contributed by atoms with van der Waals surface area (Å²) < 4.78 is 2.27. The molecule has 0 unspecified atom stereocenters. The normalized spacial score (nSPS) is 10.5. The number of aromatic carboxylic acids is 1. The smallest absolute Gasteiger partial charge is 0.339 e. The summed E-state index contributed by atoms with van der Waals surface area (Å²) in [4.78, 5) is 19.7. The van der Waals surface area contributed by atoms with E-state index in [1.165, 1.54) is 10.9 Å². The molecule has 104 valence electrons. The fourth-order valence-electron chi connectivity index (χ4n) is 1.84. The van der Waals surface area contributed by atoms with E-state index in [1.54, 1.807) is 36.7 Å². The van der Waals surface area contributed by atoms with E-state index in [0.717, 1.165) is 4.47 Å². The number of carboxylic acid groups (broad SMARTS) is 1. The minimum atomic E-state index is -1.06. The second-order valence-electron chi connectivity index (χ2n) is 4.19. The molecule has 3 rings (SSSR count). The fourth-order valence-corrected chi connectivity index (χ4v) is 2.08. The number of carbonyl (C=O) groups is 1. The zero-order valence-corrected chi connectivity index (χ0v) is 12.2. The molecular formula is C14H9BrN4O2. The summed E-state index contributed by atoms with van der Waals surface area (Å²) in [5.74, 6) is -0.526. The van der Waals surface area contributed by atoms with E-state index in [2.05, 4.69) is 31.0 Å². The van der Waals surface area contributed by atoms with Gasteiger partial charge in [-0.05, 0) is 40.2 Å². The van der Waals surface area contributed by atoms with Gasteiger partial charge in [-0.15, -0.1) is 0 Å². The lowest BCUT2D eigenvalue weighted by Crippen LogP contribution is -1.97. The molecule has 0 aliphatic heterocycles. The summed E-state index contributed by atoms with van der Waals surface area (Å²) in [5, 5.41) is 13.6. The van der Waals surface area contributed by atoms with Crippen LogP contribution in [0, 0.1) is 0 Å². The number of pyridine rings is 2. The van der Waals surface area contributed by atoms with Crippen molar-refractivity contribution in [2.24, 2.45) is 0 Å². The molecule has 0 spiro atoms. The number of rotatable bonds is 3. The Labute approximate surface area is 128 Å². The highest BCUT2D eigenvalue weighted by Gasteiger charge is 2.18. The molecule has 0 saturated heterocycles. The molecule has 0 aliphatic rings. The van der Waals surface area contributed by atoms with E-state index in [4.69, 9.17) is 0 Å². The first-order valence-electron chi connectivity index (χ1n) is 6.01. The van der Waals surface area contributed by atoms with E-state index in [9.17, 15) is 9.90 Å². The van der Waals surface area contributed by atoms with Crippen LogP contribution in [-0.2, 0) is 0 Å². The molecule has 0 saturated carbocycles. The fraction of sp³-hybridized carbons (Fsp3) is 0. The van der Waals surface area contributed by atoms with Crippen LogP contribution in [0.5, 0.6) is 0 Å². The zero-order chi connectivity index (χ0) is 14.8. The van der Waals surface area contributed by atoms with Crippen LogP contribution in [0.4, 0.5) is 0 Å². The summed E-state index contributed by atoms with van der Waals surface area (Å²) in [6.45, 7) is 0. The number of carboxylic acids is 1. The first kappa shape index (κ1) is 13.4. The van der Waals surface area contributed by atoms with Crippen molar-refractivity contribution in [1.82, 2.24) is 19.7 Å². The van der Waals surface area contributed by atoms with Gasteiger partial charge in [0.25, 0.3) is 0 Å². The van der Waals surface area contributed by atoms with Gasteiger partial charge in [0, 0.05) is 23.1 Å². The van der Waals surface area contributed by atoms with Gasteiger partial charge in [0.1, 0.15) is 11.3 Å². The molecule has 0 aliphatic carbocycles. The average Bonchev–Trinajstić information content (AvgIpc) is 2.94. The summed E-state index contributed by atoms with van der Waals surface area (Å²) in [6.07, 6.45) is 4.65. The van der Waals surface area contributed by atoms with Crippen molar-refractivity contribution in [2.45, 2.75) is 0 Å². The summed E-state index contributed by atoms with van der Waals surface area (Å²) in [6, 6.07) is 8.81. The molecule has 3 aromatic heterocycles. The van der Waals surface area contributed by atoms with Crippen LogP contribution < -0.4 is 0 Å². The second kappa shape index (κ2) is 5.45. The van der Waals surface area contributed by atoms with Crippen LogP contribution in [-0.4, -0.2) is 30.8 Å². The minimum absolute atomic E-state index is 0.0819. The van der Waals surface area contributed by atoms with Crippen LogP contribution in [0.15, 0.2) is 53.4 Å². The van der Waals surface area contributed by atoms with Gasteiger partial charge in [-0.1, -0.05) is 6.07 Å². The van der Waals surface area contributed by atoms with Gasteiger partial charge in [-0.2, -0.15) is 5.10 Å². The monoisotopic (exact) mass is 344 g/mol. The maximum absolute atomic E-state index is 11.4. The summed E-state index contributed by atoms with van der Waals surface area (Å²) >= 11 is 3.30. The first-order valence-corrected chi connectivity index (χ1v) is 6.81. The van der Waals surface area contributed by atoms with Gasteiger partial charge in [0.2, 0.25) is 0 Å². The predicted molar refractivity (Wildman–Crippen MR) is 79.2 cm³/mol. The van der Waals surface area contributed by atoms with Crippen molar-refractivity contribution in [1.29, 1.82) is 0 Å². The van der Waals surface area contributed by atoms with E-state index in [1.807, 2.05) is 6.07 Å². The van der Waals surface area contributed by atoms with E-state index < -0.39 is 5.97 Å². The Kier molecular flexibility index (Phi) is 3.49. The average molecular weight is 345 g/mol. The van der Waals surface area contributed by atoms with Crippen molar-refractivity contribution < 1.29 is 9.90 Å². The second-order valence-corrected chi connectivity index (χ2v) is 5.11. The molecule has 3 aromatic rings. The molecule has 0 amide bonds.